The Bertz CT molecular complexity index is 2860. The number of hydrogen-bond donors (Lipinski definition) is 0. The van der Waals surface area contributed by atoms with E-state index in [-0.39, 0.29) is 4.90 Å². The molecule has 1 aliphatic heterocycles. The Labute approximate surface area is 348 Å². The second-order valence-electron chi connectivity index (χ2n) is 13.8. The second kappa shape index (κ2) is 17.5. The fourth-order valence-electron chi connectivity index (χ4n) is 7.41. The number of para-hydroxylation sites is 2. The number of hydrogen-bond acceptors (Lipinski definition) is 7. The van der Waals surface area contributed by atoms with Crippen LogP contribution in [0, 0.1) is 0 Å². The molecule has 290 valence electrons. The maximum absolute atomic E-state index is 12.8. The van der Waals surface area contributed by atoms with Gasteiger partial charge in [-0.2, -0.15) is 4.58 Å². The first-order valence-corrected chi connectivity index (χ1v) is 22.7. The van der Waals surface area contributed by atoms with Gasteiger partial charge in [-0.05, 0) is 73.0 Å². The molecule has 6 aromatic carbocycles. The van der Waals surface area contributed by atoms with Crippen molar-refractivity contribution in [3.05, 3.63) is 186 Å². The summed E-state index contributed by atoms with van der Waals surface area (Å²) in [4.78, 5) is 4.34. The third-order valence-electron chi connectivity index (χ3n) is 10.3. The summed E-state index contributed by atoms with van der Waals surface area (Å²) >= 11 is 3.49. The first-order valence-electron chi connectivity index (χ1n) is 19.3. The predicted molar refractivity (Wildman–Crippen MR) is 239 cm³/mol. The van der Waals surface area contributed by atoms with Gasteiger partial charge in [0.25, 0.3) is 0 Å². The minimum atomic E-state index is -4.82. The largest absolute Gasteiger partial charge is 0.744 e. The summed E-state index contributed by atoms with van der Waals surface area (Å²) in [5.74, 6) is 1.84. The molecule has 8 rings (SSSR count). The van der Waals surface area contributed by atoms with Crippen molar-refractivity contribution in [2.75, 3.05) is 16.7 Å². The Morgan fingerprint density at radius 2 is 1.28 bits per heavy atom. The number of benzene rings is 7. The minimum Gasteiger partial charge on any atom is -0.744 e. The van der Waals surface area contributed by atoms with Gasteiger partial charge in [0.1, 0.15) is 21.5 Å². The van der Waals surface area contributed by atoms with Crippen LogP contribution >= 0.6 is 23.5 Å². The smallest absolute Gasteiger partial charge is 0.210 e. The van der Waals surface area contributed by atoms with Crippen LogP contribution in [0.2, 0.25) is 0 Å². The fourth-order valence-corrected chi connectivity index (χ4v) is 9.93. The molecule has 0 spiro atoms. The van der Waals surface area contributed by atoms with Crippen LogP contribution in [0.25, 0.3) is 33.4 Å². The molecule has 0 amide bonds. The third-order valence-corrected chi connectivity index (χ3v) is 13.2. The first kappa shape index (κ1) is 39.3. The molecule has 6 nitrogen and oxygen atoms in total. The van der Waals surface area contributed by atoms with Crippen molar-refractivity contribution in [1.29, 1.82) is 0 Å². The van der Waals surface area contributed by atoms with E-state index >= 15 is 0 Å². The van der Waals surface area contributed by atoms with Crippen molar-refractivity contribution < 1.29 is 17.4 Å². The normalized spacial score (nSPS) is 12.2. The van der Waals surface area contributed by atoms with Crippen molar-refractivity contribution in [3.63, 3.8) is 0 Å². The lowest BCUT2D eigenvalue weighted by Crippen LogP contribution is -2.26. The molecular formula is C49H42N2O4S3. The summed E-state index contributed by atoms with van der Waals surface area (Å²) in [7, 11) is -4.82. The van der Waals surface area contributed by atoms with Gasteiger partial charge in [0.2, 0.25) is 11.0 Å². The van der Waals surface area contributed by atoms with E-state index in [1.807, 2.05) is 60.7 Å². The molecule has 1 heterocycles. The van der Waals surface area contributed by atoms with Crippen LogP contribution in [0.1, 0.15) is 25.0 Å². The summed E-state index contributed by atoms with van der Waals surface area (Å²) < 4.78 is 47.6. The van der Waals surface area contributed by atoms with Gasteiger partial charge < -0.3 is 13.9 Å². The van der Waals surface area contributed by atoms with Gasteiger partial charge in [0.15, 0.2) is 5.88 Å². The second-order valence-corrected chi connectivity index (χ2v) is 17.2. The first-order chi connectivity index (χ1) is 28.3. The zero-order valence-corrected chi connectivity index (χ0v) is 34.7. The zero-order valence-electron chi connectivity index (χ0n) is 32.2. The van der Waals surface area contributed by atoms with Crippen LogP contribution in [0.5, 0.6) is 0 Å². The lowest BCUT2D eigenvalue weighted by atomic mass is 9.93. The summed E-state index contributed by atoms with van der Waals surface area (Å²) in [5, 5.41) is 1.62. The quantitative estimate of drug-likeness (QED) is 0.0377. The van der Waals surface area contributed by atoms with E-state index in [1.165, 1.54) is 17.2 Å². The molecule has 0 aromatic heterocycles. The monoisotopic (exact) mass is 818 g/mol. The summed E-state index contributed by atoms with van der Waals surface area (Å²) in [6.07, 6.45) is 1.72. The van der Waals surface area contributed by atoms with Crippen molar-refractivity contribution in [3.8, 4) is 22.5 Å². The van der Waals surface area contributed by atoms with Crippen molar-refractivity contribution >= 4 is 61.7 Å². The van der Waals surface area contributed by atoms with Gasteiger partial charge in [0.05, 0.1) is 16.8 Å². The highest BCUT2D eigenvalue weighted by Crippen LogP contribution is 2.44. The van der Waals surface area contributed by atoms with Crippen molar-refractivity contribution in [1.82, 2.24) is 4.58 Å². The molecule has 9 heteroatoms. The molecule has 1 aliphatic carbocycles. The molecule has 0 atom stereocenters. The topological polar surface area (TPSA) is 76.6 Å². The minimum absolute atomic E-state index is 0.271. The summed E-state index contributed by atoms with van der Waals surface area (Å²) in [6.45, 7) is 4.32. The van der Waals surface area contributed by atoms with Crippen molar-refractivity contribution in [2.45, 2.75) is 41.4 Å². The van der Waals surface area contributed by atoms with Gasteiger partial charge >= 0.3 is 0 Å². The van der Waals surface area contributed by atoms with E-state index in [0.29, 0.717) is 45.2 Å². The average molecular weight is 819 g/mol. The van der Waals surface area contributed by atoms with E-state index in [1.54, 1.807) is 41.7 Å². The molecule has 0 radical (unpaired) electrons. The van der Waals surface area contributed by atoms with Gasteiger partial charge in [-0.15, -0.1) is 11.8 Å². The molecule has 0 bridgehead atoms. The molecule has 0 saturated heterocycles. The van der Waals surface area contributed by atoms with Crippen LogP contribution in [0.4, 0.5) is 17.1 Å². The van der Waals surface area contributed by atoms with Gasteiger partial charge in [-0.1, -0.05) is 117 Å². The van der Waals surface area contributed by atoms with Crippen LogP contribution in [0.15, 0.2) is 189 Å². The Morgan fingerprint density at radius 1 is 0.638 bits per heavy atom. The lowest BCUT2D eigenvalue weighted by Gasteiger charge is -2.27. The van der Waals surface area contributed by atoms with Crippen LogP contribution in [-0.2, 0) is 23.0 Å². The Morgan fingerprint density at radius 3 is 2.00 bits per heavy atom. The Balaban J connectivity index is 1.38. The number of thioether (sulfide) groups is 2. The number of rotatable bonds is 13. The molecule has 58 heavy (non-hydrogen) atoms. The zero-order chi connectivity index (χ0) is 40.1. The van der Waals surface area contributed by atoms with E-state index in [9.17, 15) is 13.0 Å². The van der Waals surface area contributed by atoms with Crippen LogP contribution < -0.4 is 14.8 Å². The van der Waals surface area contributed by atoms with E-state index in [4.69, 9.17) is 4.42 Å². The number of nitrogens with zero attached hydrogens (tertiary/aromatic N) is 2. The number of aryl methyl sites for hydroxylation is 2. The fraction of sp³-hybridized carbons (Fsp3) is 0.122. The molecule has 0 fully saturated rings. The maximum Gasteiger partial charge on any atom is 0.210 e. The van der Waals surface area contributed by atoms with Gasteiger partial charge in [-0.25, -0.2) is 8.42 Å². The Kier molecular flexibility index (Phi) is 11.8. The molecule has 0 N–H and O–H groups in total. The highest BCUT2D eigenvalue weighted by Gasteiger charge is 2.24. The highest BCUT2D eigenvalue weighted by atomic mass is 32.2. The molecule has 6 aromatic rings. The number of fused-ring (bicyclic) bond motifs is 2. The molecule has 0 saturated carbocycles. The van der Waals surface area contributed by atoms with Crippen LogP contribution in [0.3, 0.4) is 0 Å². The highest BCUT2D eigenvalue weighted by molar-refractivity contribution is 7.99. The van der Waals surface area contributed by atoms with E-state index < -0.39 is 10.1 Å². The lowest BCUT2D eigenvalue weighted by molar-refractivity contribution is 0.463. The van der Waals surface area contributed by atoms with E-state index in [2.05, 4.69) is 108 Å². The molecule has 2 aliphatic rings. The Hall–Kier alpha value is -5.58. The standard InChI is InChI=1S/C49H42N2O4S3/c1-3-35-17-11-14-24-44(35)50(33-56-39-19-7-5-8-20-39)37-27-29-41-46(31-37)55-47-32-38(28-30-42(47)49(41)43-23-13-16-26-48(43)58(52,53)54)51(34-57-40-21-9-6-10-22-40)45-25-15-12-18-36(45)4-2/h5-32H,3-4,33-34H2,1-2H3. The van der Waals surface area contributed by atoms with Crippen LogP contribution in [-0.4, -0.2) is 24.7 Å². The molecular weight excluding hydrogens is 777 g/mol. The predicted octanol–water partition coefficient (Wildman–Crippen LogP) is 12.0. The molecule has 0 unspecified atom stereocenters. The summed E-state index contributed by atoms with van der Waals surface area (Å²) in [6, 6.07) is 56.2. The number of anilines is 2. The average Bonchev–Trinajstić information content (AvgIpc) is 3.26. The maximum atomic E-state index is 12.8. The third kappa shape index (κ3) is 8.35. The summed E-state index contributed by atoms with van der Waals surface area (Å²) in [5.41, 5.74) is 7.78. The van der Waals surface area contributed by atoms with Gasteiger partial charge in [-0.3, -0.25) is 0 Å². The van der Waals surface area contributed by atoms with Crippen molar-refractivity contribution in [2.24, 2.45) is 0 Å². The SMILES string of the molecule is CCc1ccccc1N(CSc1ccccc1)c1ccc2c(-c3ccccc3S(=O)(=O)[O-])c3cc/c(=[N+](/CSc4ccccc4)c4ccccc4CC)cc-3oc2c1. The van der Waals surface area contributed by atoms with E-state index in [0.717, 1.165) is 45.1 Å². The van der Waals surface area contributed by atoms with Gasteiger partial charge in [0, 0.05) is 67.0 Å².